The second kappa shape index (κ2) is 6.64. The Morgan fingerprint density at radius 1 is 1.04 bits per heavy atom. The van der Waals surface area contributed by atoms with Crippen LogP contribution in [0.5, 0.6) is 0 Å². The molecule has 5 nitrogen and oxygen atoms in total. The first-order valence-corrected chi connectivity index (χ1v) is 8.76. The van der Waals surface area contributed by atoms with Crippen molar-refractivity contribution in [2.75, 3.05) is 5.32 Å². The van der Waals surface area contributed by atoms with E-state index < -0.39 is 0 Å². The molecule has 1 N–H and O–H groups in total. The standard InChI is InChI=1S/C19H16BrN5/c1-13(14-6-8-15(20)9-7-14)23-18-10-21-11-19(24-18)25-12-22-16-4-2-3-5-17(16)25/h2-13H,1H3,(H,23,24). The van der Waals surface area contributed by atoms with Gasteiger partial charge in [-0.15, -0.1) is 0 Å². The number of imidazole rings is 1. The molecule has 0 aliphatic heterocycles. The minimum Gasteiger partial charge on any atom is -0.362 e. The summed E-state index contributed by atoms with van der Waals surface area (Å²) in [7, 11) is 0. The van der Waals surface area contributed by atoms with E-state index in [0.29, 0.717) is 0 Å². The molecule has 25 heavy (non-hydrogen) atoms. The fraction of sp³-hybridized carbons (Fsp3) is 0.105. The lowest BCUT2D eigenvalue weighted by Gasteiger charge is -2.15. The third-order valence-electron chi connectivity index (χ3n) is 4.06. The van der Waals surface area contributed by atoms with Crippen LogP contribution in [-0.4, -0.2) is 19.5 Å². The van der Waals surface area contributed by atoms with Gasteiger partial charge in [0.1, 0.15) is 12.1 Å². The maximum absolute atomic E-state index is 4.69. The maximum Gasteiger partial charge on any atom is 0.159 e. The number of benzene rings is 2. The smallest absolute Gasteiger partial charge is 0.159 e. The molecule has 2 aromatic carbocycles. The van der Waals surface area contributed by atoms with Crippen LogP contribution < -0.4 is 5.32 Å². The van der Waals surface area contributed by atoms with Crippen LogP contribution in [0.15, 0.2) is 71.7 Å². The number of hydrogen-bond donors (Lipinski definition) is 1. The summed E-state index contributed by atoms with van der Waals surface area (Å²) in [6.07, 6.45) is 5.25. The monoisotopic (exact) mass is 393 g/mol. The van der Waals surface area contributed by atoms with Crippen molar-refractivity contribution in [3.05, 3.63) is 77.3 Å². The molecule has 0 amide bonds. The topological polar surface area (TPSA) is 55.6 Å². The molecular weight excluding hydrogens is 378 g/mol. The molecule has 0 saturated carbocycles. The van der Waals surface area contributed by atoms with Crippen molar-refractivity contribution in [2.45, 2.75) is 13.0 Å². The van der Waals surface area contributed by atoms with Crippen LogP contribution in [0.2, 0.25) is 0 Å². The molecule has 0 aliphatic rings. The summed E-state index contributed by atoms with van der Waals surface area (Å²) in [5, 5.41) is 3.41. The van der Waals surface area contributed by atoms with Crippen molar-refractivity contribution in [1.82, 2.24) is 19.5 Å². The molecule has 124 valence electrons. The summed E-state index contributed by atoms with van der Waals surface area (Å²) >= 11 is 3.46. The summed E-state index contributed by atoms with van der Waals surface area (Å²) in [5.41, 5.74) is 3.13. The van der Waals surface area contributed by atoms with Crippen LogP contribution in [0, 0.1) is 0 Å². The largest absolute Gasteiger partial charge is 0.362 e. The second-order valence-electron chi connectivity index (χ2n) is 5.78. The van der Waals surface area contributed by atoms with Gasteiger partial charge < -0.3 is 5.32 Å². The van der Waals surface area contributed by atoms with E-state index in [4.69, 9.17) is 0 Å². The molecule has 0 fully saturated rings. The lowest BCUT2D eigenvalue weighted by Crippen LogP contribution is -2.09. The Morgan fingerprint density at radius 2 is 1.84 bits per heavy atom. The zero-order valence-corrected chi connectivity index (χ0v) is 15.2. The lowest BCUT2D eigenvalue weighted by atomic mass is 10.1. The number of nitrogens with zero attached hydrogens (tertiary/aromatic N) is 4. The van der Waals surface area contributed by atoms with Gasteiger partial charge in [0, 0.05) is 10.5 Å². The van der Waals surface area contributed by atoms with E-state index >= 15 is 0 Å². The van der Waals surface area contributed by atoms with E-state index in [1.54, 1.807) is 18.7 Å². The first-order valence-electron chi connectivity index (χ1n) is 7.97. The lowest BCUT2D eigenvalue weighted by molar-refractivity contribution is 0.865. The average molecular weight is 394 g/mol. The zero-order valence-electron chi connectivity index (χ0n) is 13.6. The van der Waals surface area contributed by atoms with Crippen molar-refractivity contribution in [3.63, 3.8) is 0 Å². The maximum atomic E-state index is 4.69. The molecule has 1 atom stereocenters. The first kappa shape index (κ1) is 15.8. The van der Waals surface area contributed by atoms with Crippen molar-refractivity contribution in [2.24, 2.45) is 0 Å². The van der Waals surface area contributed by atoms with E-state index in [9.17, 15) is 0 Å². The van der Waals surface area contributed by atoms with Gasteiger partial charge in [-0.1, -0.05) is 40.2 Å². The van der Waals surface area contributed by atoms with Crippen LogP contribution >= 0.6 is 15.9 Å². The number of hydrogen-bond acceptors (Lipinski definition) is 4. The fourth-order valence-electron chi connectivity index (χ4n) is 2.74. The number of anilines is 1. The molecule has 0 bridgehead atoms. The predicted octanol–water partition coefficient (Wildman–Crippen LogP) is 4.75. The Hall–Kier alpha value is -2.73. The molecule has 4 rings (SSSR count). The minimum absolute atomic E-state index is 0.122. The Labute approximate surface area is 153 Å². The van der Waals surface area contributed by atoms with Crippen LogP contribution in [0.4, 0.5) is 5.82 Å². The molecule has 0 spiro atoms. The van der Waals surface area contributed by atoms with Gasteiger partial charge in [-0.3, -0.25) is 9.55 Å². The number of halogens is 1. The molecule has 0 radical (unpaired) electrons. The Bertz CT molecular complexity index is 1010. The number of aromatic nitrogens is 4. The number of rotatable bonds is 4. The van der Waals surface area contributed by atoms with E-state index in [0.717, 1.165) is 27.1 Å². The second-order valence-corrected chi connectivity index (χ2v) is 6.70. The Morgan fingerprint density at radius 3 is 2.68 bits per heavy atom. The van der Waals surface area contributed by atoms with E-state index in [-0.39, 0.29) is 6.04 Å². The highest BCUT2D eigenvalue weighted by atomic mass is 79.9. The zero-order chi connectivity index (χ0) is 17.2. The summed E-state index contributed by atoms with van der Waals surface area (Å²) in [6.45, 7) is 2.10. The summed E-state index contributed by atoms with van der Waals surface area (Å²) in [6, 6.07) is 16.3. The quantitative estimate of drug-likeness (QED) is 0.543. The van der Waals surface area contributed by atoms with Crippen LogP contribution in [0.1, 0.15) is 18.5 Å². The Kier molecular flexibility index (Phi) is 4.19. The SMILES string of the molecule is CC(Nc1cncc(-n2cnc3ccccc32)n1)c1ccc(Br)cc1. The summed E-state index contributed by atoms with van der Waals surface area (Å²) in [4.78, 5) is 13.4. The van der Waals surface area contributed by atoms with Gasteiger partial charge >= 0.3 is 0 Å². The van der Waals surface area contributed by atoms with Gasteiger partial charge in [0.15, 0.2) is 5.82 Å². The summed E-state index contributed by atoms with van der Waals surface area (Å²) < 4.78 is 3.01. The fourth-order valence-corrected chi connectivity index (χ4v) is 3.00. The highest BCUT2D eigenvalue weighted by molar-refractivity contribution is 9.10. The van der Waals surface area contributed by atoms with Crippen molar-refractivity contribution in [1.29, 1.82) is 0 Å². The normalized spacial score (nSPS) is 12.2. The van der Waals surface area contributed by atoms with E-state index in [1.165, 1.54) is 5.56 Å². The Balaban J connectivity index is 1.62. The molecule has 2 aromatic heterocycles. The third kappa shape index (κ3) is 3.25. The van der Waals surface area contributed by atoms with E-state index in [2.05, 4.69) is 55.3 Å². The number of fused-ring (bicyclic) bond motifs is 1. The van der Waals surface area contributed by atoms with Crippen molar-refractivity contribution < 1.29 is 0 Å². The van der Waals surface area contributed by atoms with Gasteiger partial charge in [0.2, 0.25) is 0 Å². The van der Waals surface area contributed by atoms with Gasteiger partial charge in [-0.25, -0.2) is 9.97 Å². The van der Waals surface area contributed by atoms with Crippen molar-refractivity contribution >= 4 is 32.8 Å². The van der Waals surface area contributed by atoms with E-state index in [1.807, 2.05) is 41.0 Å². The molecule has 4 aromatic rings. The minimum atomic E-state index is 0.122. The van der Waals surface area contributed by atoms with Crippen LogP contribution in [-0.2, 0) is 0 Å². The van der Waals surface area contributed by atoms with Crippen molar-refractivity contribution in [3.8, 4) is 5.82 Å². The average Bonchev–Trinajstić information content (AvgIpc) is 3.06. The molecule has 6 heteroatoms. The summed E-state index contributed by atoms with van der Waals surface area (Å²) in [5.74, 6) is 1.47. The highest BCUT2D eigenvalue weighted by Crippen LogP contribution is 2.21. The van der Waals surface area contributed by atoms with Gasteiger partial charge in [-0.2, -0.15) is 0 Å². The molecular formula is C19H16BrN5. The predicted molar refractivity (Wildman–Crippen MR) is 103 cm³/mol. The van der Waals surface area contributed by atoms with Crippen LogP contribution in [0.3, 0.4) is 0 Å². The molecule has 0 aliphatic carbocycles. The third-order valence-corrected chi connectivity index (χ3v) is 4.59. The molecule has 1 unspecified atom stereocenters. The highest BCUT2D eigenvalue weighted by Gasteiger charge is 2.09. The number of nitrogens with one attached hydrogen (secondary N) is 1. The first-order chi connectivity index (χ1) is 12.2. The van der Waals surface area contributed by atoms with Crippen LogP contribution in [0.25, 0.3) is 16.9 Å². The molecule has 0 saturated heterocycles. The van der Waals surface area contributed by atoms with Gasteiger partial charge in [0.25, 0.3) is 0 Å². The number of para-hydroxylation sites is 2. The van der Waals surface area contributed by atoms with Gasteiger partial charge in [-0.05, 0) is 36.8 Å². The van der Waals surface area contributed by atoms with Gasteiger partial charge in [0.05, 0.1) is 23.4 Å². The molecule has 2 heterocycles.